The van der Waals surface area contributed by atoms with Crippen LogP contribution in [0.5, 0.6) is 0 Å². The van der Waals surface area contributed by atoms with Gasteiger partial charge in [0.2, 0.25) is 6.61 Å². The van der Waals surface area contributed by atoms with E-state index in [1.165, 1.54) is 18.2 Å². The highest BCUT2D eigenvalue weighted by atomic mass is 127. The number of hydrogen-bond donors (Lipinski definition) is 0. The van der Waals surface area contributed by atoms with Crippen molar-refractivity contribution in [3.05, 3.63) is 71.8 Å². The average Bonchev–Trinajstić information content (AvgIpc) is 2.96. The topological polar surface area (TPSA) is 65.0 Å². The van der Waals surface area contributed by atoms with Gasteiger partial charge in [0.15, 0.2) is 0 Å². The normalized spacial score (nSPS) is 14.3. The van der Waals surface area contributed by atoms with E-state index < -0.39 is 5.97 Å². The quantitative estimate of drug-likeness (QED) is 0.0609. The summed E-state index contributed by atoms with van der Waals surface area (Å²) in [6.45, 7) is 7.85. The zero-order valence-electron chi connectivity index (χ0n) is 23.5. The van der Waals surface area contributed by atoms with Crippen LogP contribution in [0.3, 0.4) is 0 Å². The summed E-state index contributed by atoms with van der Waals surface area (Å²) >= 11 is 4.74. The zero-order chi connectivity index (χ0) is 28.4. The maximum Gasteiger partial charge on any atom is 0.346 e. The zero-order valence-corrected chi connectivity index (χ0v) is 27.8. The first kappa shape index (κ1) is 34.5. The molecule has 2 aromatic rings. The molecule has 210 valence electrons. The molecule has 2 aromatic carbocycles. The highest BCUT2D eigenvalue weighted by Crippen LogP contribution is 2.33. The monoisotopic (exact) mass is 747 g/mol. The van der Waals surface area contributed by atoms with Gasteiger partial charge >= 0.3 is 5.97 Å². The van der Waals surface area contributed by atoms with Gasteiger partial charge in [0.05, 0.1) is 12.8 Å². The summed E-state index contributed by atoms with van der Waals surface area (Å²) in [4.78, 5) is 27.9. The number of carbonyl (C=O) groups excluding carboxylic acids is 2. The SMILES string of the molecule is CCC(CI)(CCc1ccccc1)/C(C)=N/OCC(=O)OC.CCC(CI)(CCc1ccccc1)C(C)=O. The van der Waals surface area contributed by atoms with Crippen molar-refractivity contribution in [1.29, 1.82) is 0 Å². The first-order valence-electron chi connectivity index (χ1n) is 13.2. The predicted octanol–water partition coefficient (Wildman–Crippen LogP) is 8.06. The van der Waals surface area contributed by atoms with E-state index in [2.05, 4.69) is 117 Å². The van der Waals surface area contributed by atoms with Crippen LogP contribution in [0.25, 0.3) is 0 Å². The minimum Gasteiger partial charge on any atom is -0.466 e. The van der Waals surface area contributed by atoms with Gasteiger partial charge in [0, 0.05) is 19.7 Å². The number of halogens is 2. The molecule has 0 bridgehead atoms. The van der Waals surface area contributed by atoms with Crippen LogP contribution in [0.15, 0.2) is 65.8 Å². The lowest BCUT2D eigenvalue weighted by Crippen LogP contribution is -2.31. The molecule has 0 saturated carbocycles. The Hall–Kier alpha value is -1.49. The van der Waals surface area contributed by atoms with Crippen LogP contribution in [0.4, 0.5) is 0 Å². The van der Waals surface area contributed by atoms with Crippen LogP contribution in [0.2, 0.25) is 0 Å². The van der Waals surface area contributed by atoms with Crippen LogP contribution in [0, 0.1) is 10.8 Å². The first-order chi connectivity index (χ1) is 18.2. The molecule has 2 atom stereocenters. The van der Waals surface area contributed by atoms with Gasteiger partial charge in [-0.15, -0.1) is 0 Å². The molecule has 0 aliphatic carbocycles. The second-order valence-electron chi connectivity index (χ2n) is 9.59. The summed E-state index contributed by atoms with van der Waals surface area (Å²) in [7, 11) is 1.34. The standard InChI is InChI=1S/C17H24INO3.C14H19IO/c1-4-17(13-18,11-10-15-8-6-5-7-9-15)14(2)19-22-12-16(20)21-3;1-3-14(11-15,12(2)16)10-9-13-7-5-4-6-8-13/h5-9H,4,10-13H2,1-3H3;4-8H,3,9-11H2,1-2H3/b19-14+;. The van der Waals surface area contributed by atoms with E-state index in [0.717, 1.165) is 53.1 Å². The number of methoxy groups -OCH3 is 1. The molecule has 0 N–H and O–H groups in total. The van der Waals surface area contributed by atoms with Crippen molar-refractivity contribution in [2.24, 2.45) is 16.0 Å². The Balaban J connectivity index is 0.000000399. The van der Waals surface area contributed by atoms with Crippen molar-refractivity contribution in [1.82, 2.24) is 0 Å². The van der Waals surface area contributed by atoms with Crippen LogP contribution in [0.1, 0.15) is 64.5 Å². The Morgan fingerprint density at radius 2 is 1.24 bits per heavy atom. The van der Waals surface area contributed by atoms with Gasteiger partial charge in [0.1, 0.15) is 5.78 Å². The third-order valence-electron chi connectivity index (χ3n) is 7.46. The number of esters is 1. The molecular weight excluding hydrogens is 704 g/mol. The third kappa shape index (κ3) is 11.3. The lowest BCUT2D eigenvalue weighted by molar-refractivity contribution is -0.145. The minimum atomic E-state index is -0.419. The fraction of sp³-hybridized carbons (Fsp3) is 0.516. The van der Waals surface area contributed by atoms with Gasteiger partial charge in [-0.3, -0.25) is 4.79 Å². The number of alkyl halides is 2. The fourth-order valence-electron chi connectivity index (χ4n) is 4.12. The molecule has 0 amide bonds. The van der Waals surface area contributed by atoms with E-state index in [4.69, 9.17) is 4.84 Å². The van der Waals surface area contributed by atoms with Crippen molar-refractivity contribution < 1.29 is 19.2 Å². The fourth-order valence-corrected chi connectivity index (χ4v) is 7.05. The summed E-state index contributed by atoms with van der Waals surface area (Å²) in [6, 6.07) is 20.9. The number of aryl methyl sites for hydroxylation is 2. The Labute approximate surface area is 256 Å². The van der Waals surface area contributed by atoms with Gasteiger partial charge in [-0.25, -0.2) is 4.79 Å². The summed E-state index contributed by atoms with van der Waals surface area (Å²) in [6.07, 6.45) is 5.90. The summed E-state index contributed by atoms with van der Waals surface area (Å²) < 4.78 is 6.42. The van der Waals surface area contributed by atoms with Gasteiger partial charge in [-0.05, 0) is 63.5 Å². The van der Waals surface area contributed by atoms with Crippen LogP contribution in [-0.2, 0) is 32.0 Å². The van der Waals surface area contributed by atoms with Crippen molar-refractivity contribution in [3.8, 4) is 0 Å². The average molecular weight is 747 g/mol. The number of benzene rings is 2. The largest absolute Gasteiger partial charge is 0.466 e. The lowest BCUT2D eigenvalue weighted by Gasteiger charge is -2.30. The molecule has 5 nitrogen and oxygen atoms in total. The Morgan fingerprint density at radius 3 is 1.61 bits per heavy atom. The number of rotatable bonds is 15. The van der Waals surface area contributed by atoms with Gasteiger partial charge in [0.25, 0.3) is 0 Å². The molecule has 0 radical (unpaired) electrons. The molecule has 7 heteroatoms. The molecule has 0 spiro atoms. The predicted molar refractivity (Wildman–Crippen MR) is 175 cm³/mol. The van der Waals surface area contributed by atoms with Gasteiger partial charge in [-0.1, -0.05) is 125 Å². The van der Waals surface area contributed by atoms with Crippen LogP contribution >= 0.6 is 45.2 Å². The molecule has 0 saturated heterocycles. The minimum absolute atomic E-state index is 0.00742. The van der Waals surface area contributed by atoms with Crippen LogP contribution in [-0.4, -0.2) is 40.0 Å². The molecule has 38 heavy (non-hydrogen) atoms. The first-order valence-corrected chi connectivity index (χ1v) is 16.2. The third-order valence-corrected chi connectivity index (χ3v) is 10.4. The molecule has 2 unspecified atom stereocenters. The molecule has 0 fully saturated rings. The molecule has 0 heterocycles. The summed E-state index contributed by atoms with van der Waals surface area (Å²) in [5, 5.41) is 4.15. The molecule has 0 aliphatic rings. The van der Waals surface area contributed by atoms with Crippen molar-refractivity contribution in [2.75, 3.05) is 22.6 Å². The summed E-state index contributed by atoms with van der Waals surface area (Å²) in [5.41, 5.74) is 3.47. The molecule has 2 rings (SSSR count). The van der Waals surface area contributed by atoms with Crippen molar-refractivity contribution in [3.63, 3.8) is 0 Å². The smallest absolute Gasteiger partial charge is 0.346 e. The van der Waals surface area contributed by atoms with E-state index in [9.17, 15) is 9.59 Å². The number of hydrogen-bond acceptors (Lipinski definition) is 5. The van der Waals surface area contributed by atoms with Crippen molar-refractivity contribution in [2.45, 2.75) is 66.2 Å². The maximum absolute atomic E-state index is 11.7. The van der Waals surface area contributed by atoms with Gasteiger partial charge < -0.3 is 9.57 Å². The Morgan fingerprint density at radius 1 is 0.789 bits per heavy atom. The molecular formula is C31H43I2NO4. The van der Waals surface area contributed by atoms with E-state index in [0.29, 0.717) is 5.78 Å². The van der Waals surface area contributed by atoms with E-state index in [-0.39, 0.29) is 17.4 Å². The number of oxime groups is 1. The lowest BCUT2D eigenvalue weighted by atomic mass is 9.78. The highest BCUT2D eigenvalue weighted by Gasteiger charge is 2.32. The van der Waals surface area contributed by atoms with E-state index in [1.807, 2.05) is 19.1 Å². The second kappa shape index (κ2) is 18.7. The van der Waals surface area contributed by atoms with E-state index >= 15 is 0 Å². The highest BCUT2D eigenvalue weighted by molar-refractivity contribution is 14.1. The number of Topliss-reactive ketones (excluding diaryl/α,β-unsaturated/α-hetero) is 1. The number of ketones is 1. The Kier molecular flexibility index (Phi) is 17.0. The summed E-state index contributed by atoms with van der Waals surface area (Å²) in [5.74, 6) is -0.0854. The van der Waals surface area contributed by atoms with E-state index in [1.54, 1.807) is 6.92 Å². The number of ether oxygens (including phenoxy) is 1. The molecule has 0 aliphatic heterocycles. The number of carbonyl (C=O) groups is 2. The van der Waals surface area contributed by atoms with Crippen molar-refractivity contribution >= 4 is 62.6 Å². The van der Waals surface area contributed by atoms with Gasteiger partial charge in [-0.2, -0.15) is 0 Å². The number of nitrogens with zero attached hydrogens (tertiary/aromatic N) is 1. The molecule has 0 aromatic heterocycles. The van der Waals surface area contributed by atoms with Crippen LogP contribution < -0.4 is 0 Å². The maximum atomic E-state index is 11.7. The second-order valence-corrected chi connectivity index (χ2v) is 11.1. The Bertz CT molecular complexity index is 972.